The van der Waals surface area contributed by atoms with Crippen LogP contribution in [0.15, 0.2) is 42.6 Å². The average Bonchev–Trinajstić information content (AvgIpc) is 2.65. The fourth-order valence-electron chi connectivity index (χ4n) is 1.83. The van der Waals surface area contributed by atoms with E-state index in [1.54, 1.807) is 0 Å². The predicted molar refractivity (Wildman–Crippen MR) is 91.5 cm³/mol. The normalized spacial score (nSPS) is 9.48. The van der Waals surface area contributed by atoms with Crippen LogP contribution in [0.4, 0.5) is 10.6 Å². The molecule has 0 radical (unpaired) electrons. The Bertz CT molecular complexity index is 810. The first-order valence-corrected chi connectivity index (χ1v) is 7.37. The van der Waals surface area contributed by atoms with Gasteiger partial charge >= 0.3 is 12.1 Å². The Kier molecular flexibility index (Phi) is 6.37. The quantitative estimate of drug-likeness (QED) is 0.649. The van der Waals surface area contributed by atoms with Gasteiger partial charge in [-0.3, -0.25) is 0 Å². The van der Waals surface area contributed by atoms with E-state index in [4.69, 9.17) is 10.5 Å². The molecular weight excluding hydrogens is 322 g/mol. The van der Waals surface area contributed by atoms with Crippen LogP contribution in [0, 0.1) is 11.8 Å². The van der Waals surface area contributed by atoms with Gasteiger partial charge < -0.3 is 20.5 Å². The molecule has 7 nitrogen and oxygen atoms in total. The molecule has 1 aromatic heterocycles. The smallest absolute Gasteiger partial charge is 0.408 e. The van der Waals surface area contributed by atoms with Crippen LogP contribution < -0.4 is 11.1 Å². The van der Waals surface area contributed by atoms with Crippen molar-refractivity contribution in [2.75, 3.05) is 19.4 Å². The molecule has 0 atom stereocenters. The molecule has 1 heterocycles. The molecule has 1 amide bonds. The van der Waals surface area contributed by atoms with Crippen molar-refractivity contribution in [3.05, 3.63) is 59.3 Å². The zero-order valence-electron chi connectivity index (χ0n) is 13.6. The van der Waals surface area contributed by atoms with Crippen LogP contribution in [-0.2, 0) is 16.1 Å². The van der Waals surface area contributed by atoms with Gasteiger partial charge in [0.2, 0.25) is 0 Å². The van der Waals surface area contributed by atoms with Gasteiger partial charge in [-0.15, -0.1) is 0 Å². The molecule has 25 heavy (non-hydrogen) atoms. The average molecular weight is 339 g/mol. The Morgan fingerprint density at radius 1 is 1.28 bits per heavy atom. The van der Waals surface area contributed by atoms with Crippen molar-refractivity contribution in [3.63, 3.8) is 0 Å². The second-order valence-electron chi connectivity index (χ2n) is 4.87. The van der Waals surface area contributed by atoms with E-state index in [9.17, 15) is 9.59 Å². The number of nitrogen functional groups attached to an aromatic ring is 1. The lowest BCUT2D eigenvalue weighted by atomic mass is 10.2. The molecule has 2 rings (SSSR count). The standard InChI is InChI=1S/C18H17N3O4/c1-24-17(22)15-10-14(16(19)21-11-15)8-5-9-20-18(23)25-12-13-6-3-2-4-7-13/h2-4,6-7,10-11H,9,12H2,1H3,(H2,19,21)(H,20,23). The Labute approximate surface area is 145 Å². The molecule has 0 bridgehead atoms. The number of methoxy groups -OCH3 is 1. The molecule has 128 valence electrons. The molecule has 0 unspecified atom stereocenters. The summed E-state index contributed by atoms with van der Waals surface area (Å²) in [5, 5.41) is 2.50. The van der Waals surface area contributed by atoms with Gasteiger partial charge in [-0.05, 0) is 11.6 Å². The fraction of sp³-hybridized carbons (Fsp3) is 0.167. The highest BCUT2D eigenvalue weighted by Crippen LogP contribution is 2.10. The summed E-state index contributed by atoms with van der Waals surface area (Å²) < 4.78 is 9.66. The Morgan fingerprint density at radius 2 is 2.04 bits per heavy atom. The Hall–Kier alpha value is -3.53. The second kappa shape index (κ2) is 8.93. The first-order chi connectivity index (χ1) is 12.1. The number of amides is 1. The summed E-state index contributed by atoms with van der Waals surface area (Å²) in [6.45, 7) is 0.244. The zero-order valence-corrected chi connectivity index (χ0v) is 13.6. The van der Waals surface area contributed by atoms with E-state index in [0.717, 1.165) is 5.56 Å². The number of esters is 1. The first-order valence-electron chi connectivity index (χ1n) is 7.37. The van der Waals surface area contributed by atoms with E-state index < -0.39 is 12.1 Å². The lowest BCUT2D eigenvalue weighted by Gasteiger charge is -2.04. The van der Waals surface area contributed by atoms with E-state index in [-0.39, 0.29) is 24.5 Å². The molecule has 0 aliphatic heterocycles. The van der Waals surface area contributed by atoms with E-state index in [2.05, 4.69) is 26.9 Å². The molecular formula is C18H17N3O4. The van der Waals surface area contributed by atoms with Gasteiger partial charge in [-0.25, -0.2) is 14.6 Å². The third-order valence-electron chi connectivity index (χ3n) is 3.10. The number of nitrogens with one attached hydrogen (secondary N) is 1. The molecule has 0 saturated heterocycles. The van der Waals surface area contributed by atoms with Gasteiger partial charge in [-0.2, -0.15) is 0 Å². The van der Waals surface area contributed by atoms with Gasteiger partial charge in [0.1, 0.15) is 12.4 Å². The van der Waals surface area contributed by atoms with Crippen molar-refractivity contribution in [2.24, 2.45) is 0 Å². The Balaban J connectivity index is 1.86. The van der Waals surface area contributed by atoms with Crippen LogP contribution in [0.25, 0.3) is 0 Å². The number of anilines is 1. The van der Waals surface area contributed by atoms with Crippen LogP contribution >= 0.6 is 0 Å². The molecule has 3 N–H and O–H groups in total. The van der Waals surface area contributed by atoms with Gasteiger partial charge in [0.25, 0.3) is 0 Å². The lowest BCUT2D eigenvalue weighted by Crippen LogP contribution is -2.24. The minimum absolute atomic E-state index is 0.0650. The van der Waals surface area contributed by atoms with Crippen LogP contribution in [0.3, 0.4) is 0 Å². The second-order valence-corrected chi connectivity index (χ2v) is 4.87. The first kappa shape index (κ1) is 17.8. The minimum atomic E-state index is -0.576. The van der Waals surface area contributed by atoms with Gasteiger partial charge in [0.05, 0.1) is 24.8 Å². The van der Waals surface area contributed by atoms with E-state index >= 15 is 0 Å². The van der Waals surface area contributed by atoms with E-state index in [1.807, 2.05) is 30.3 Å². The van der Waals surface area contributed by atoms with E-state index in [1.165, 1.54) is 19.4 Å². The minimum Gasteiger partial charge on any atom is -0.465 e. The molecule has 0 aliphatic carbocycles. The highest BCUT2D eigenvalue weighted by atomic mass is 16.5. The van der Waals surface area contributed by atoms with Crippen molar-refractivity contribution in [1.82, 2.24) is 10.3 Å². The summed E-state index contributed by atoms with van der Waals surface area (Å²) in [7, 11) is 1.27. The number of nitrogens with two attached hydrogens (primary N) is 1. The maximum absolute atomic E-state index is 11.6. The van der Waals surface area contributed by atoms with Crippen molar-refractivity contribution in [2.45, 2.75) is 6.61 Å². The van der Waals surface area contributed by atoms with Crippen LogP contribution in [0.5, 0.6) is 0 Å². The molecule has 0 saturated carbocycles. The number of pyridine rings is 1. The van der Waals surface area contributed by atoms with Gasteiger partial charge in [-0.1, -0.05) is 42.2 Å². The molecule has 0 aliphatic rings. The molecule has 1 aromatic carbocycles. The topological polar surface area (TPSA) is 104 Å². The summed E-state index contributed by atoms with van der Waals surface area (Å²) >= 11 is 0. The number of hydrogen-bond donors (Lipinski definition) is 2. The number of alkyl carbamates (subject to hydrolysis) is 1. The van der Waals surface area contributed by atoms with Crippen molar-refractivity contribution < 1.29 is 19.1 Å². The van der Waals surface area contributed by atoms with Crippen LogP contribution in [-0.4, -0.2) is 30.7 Å². The largest absolute Gasteiger partial charge is 0.465 e. The number of aromatic nitrogens is 1. The van der Waals surface area contributed by atoms with Crippen molar-refractivity contribution in [1.29, 1.82) is 0 Å². The summed E-state index contributed by atoms with van der Waals surface area (Å²) in [6.07, 6.45) is 0.735. The third-order valence-corrected chi connectivity index (χ3v) is 3.10. The summed E-state index contributed by atoms with van der Waals surface area (Å²) in [4.78, 5) is 26.9. The zero-order chi connectivity index (χ0) is 18.1. The van der Waals surface area contributed by atoms with Crippen LogP contribution in [0.1, 0.15) is 21.5 Å². The number of rotatable bonds is 4. The number of ether oxygens (including phenoxy) is 2. The van der Waals surface area contributed by atoms with Crippen molar-refractivity contribution in [3.8, 4) is 11.8 Å². The highest BCUT2D eigenvalue weighted by molar-refractivity contribution is 5.89. The summed E-state index contributed by atoms with van der Waals surface area (Å²) in [5.41, 5.74) is 7.22. The summed E-state index contributed by atoms with van der Waals surface area (Å²) in [6, 6.07) is 10.8. The van der Waals surface area contributed by atoms with Gasteiger partial charge in [0.15, 0.2) is 0 Å². The van der Waals surface area contributed by atoms with E-state index in [0.29, 0.717) is 5.56 Å². The molecule has 7 heteroatoms. The summed E-state index contributed by atoms with van der Waals surface area (Å²) in [5.74, 6) is 5.12. The Morgan fingerprint density at radius 3 is 2.76 bits per heavy atom. The van der Waals surface area contributed by atoms with Crippen molar-refractivity contribution >= 4 is 17.9 Å². The predicted octanol–water partition coefficient (Wildman–Crippen LogP) is 1.73. The third kappa shape index (κ3) is 5.55. The molecule has 0 fully saturated rings. The molecule has 0 spiro atoms. The number of benzene rings is 1. The number of nitrogens with zero attached hydrogens (tertiary/aromatic N) is 1. The monoisotopic (exact) mass is 339 g/mol. The highest BCUT2D eigenvalue weighted by Gasteiger charge is 2.08. The van der Waals surface area contributed by atoms with Gasteiger partial charge in [0, 0.05) is 6.20 Å². The lowest BCUT2D eigenvalue weighted by molar-refractivity contribution is 0.0600. The maximum Gasteiger partial charge on any atom is 0.408 e. The molecule has 2 aromatic rings. The fourth-order valence-corrected chi connectivity index (χ4v) is 1.83. The maximum atomic E-state index is 11.6. The number of carbonyl (C=O) groups is 2. The SMILES string of the molecule is COC(=O)c1cnc(N)c(C#CCNC(=O)OCc2ccccc2)c1. The number of carbonyl (C=O) groups excluding carboxylic acids is 2. The van der Waals surface area contributed by atoms with Crippen LogP contribution in [0.2, 0.25) is 0 Å². The number of hydrogen-bond acceptors (Lipinski definition) is 6.